The van der Waals surface area contributed by atoms with Crippen LogP contribution in [-0.2, 0) is 13.0 Å². The zero-order valence-electron chi connectivity index (χ0n) is 25.1. The van der Waals surface area contributed by atoms with Crippen LogP contribution in [-0.4, -0.2) is 44.2 Å². The number of para-hydroxylation sites is 1. The second kappa shape index (κ2) is 12.9. The predicted octanol–water partition coefficient (Wildman–Crippen LogP) is 7.52. The van der Waals surface area contributed by atoms with E-state index < -0.39 is 0 Å². The maximum Gasteiger partial charge on any atom is 0.0864 e. The van der Waals surface area contributed by atoms with Crippen molar-refractivity contribution in [3.8, 4) is 0 Å². The fourth-order valence-electron chi connectivity index (χ4n) is 6.49. The van der Waals surface area contributed by atoms with Crippen LogP contribution < -0.4 is 15.5 Å². The summed E-state index contributed by atoms with van der Waals surface area (Å²) in [6.45, 7) is 16.1. The van der Waals surface area contributed by atoms with E-state index in [4.69, 9.17) is 5.41 Å². The van der Waals surface area contributed by atoms with Gasteiger partial charge in [-0.1, -0.05) is 38.6 Å². The number of fused-ring (bicyclic) bond motifs is 1. The van der Waals surface area contributed by atoms with Crippen molar-refractivity contribution in [2.75, 3.05) is 31.6 Å². The van der Waals surface area contributed by atoms with Gasteiger partial charge in [-0.25, -0.2) is 0 Å². The van der Waals surface area contributed by atoms with Gasteiger partial charge in [-0.15, -0.1) is 0 Å². The van der Waals surface area contributed by atoms with E-state index in [1.165, 1.54) is 59.6 Å². The third kappa shape index (κ3) is 6.03. The predicted molar refractivity (Wildman–Crippen MR) is 176 cm³/mol. The summed E-state index contributed by atoms with van der Waals surface area (Å²) >= 11 is 0. The molecule has 1 aromatic heterocycles. The Morgan fingerprint density at radius 1 is 1.17 bits per heavy atom. The number of benzene rings is 2. The molecule has 1 saturated heterocycles. The van der Waals surface area contributed by atoms with E-state index in [-0.39, 0.29) is 0 Å². The average molecular weight is 551 g/mol. The van der Waals surface area contributed by atoms with Gasteiger partial charge in [0.2, 0.25) is 0 Å². The minimum absolute atomic E-state index is 0.556. The number of aromatic nitrogens is 1. The first-order valence-corrected chi connectivity index (χ1v) is 15.3. The third-order valence-electron chi connectivity index (χ3n) is 8.77. The van der Waals surface area contributed by atoms with Gasteiger partial charge in [0.15, 0.2) is 0 Å². The summed E-state index contributed by atoms with van der Waals surface area (Å²) < 4.78 is 2.66. The van der Waals surface area contributed by atoms with Gasteiger partial charge >= 0.3 is 0 Å². The van der Waals surface area contributed by atoms with Crippen LogP contribution in [0.2, 0.25) is 0 Å². The molecule has 6 nitrogen and oxygen atoms in total. The second-order valence-electron chi connectivity index (χ2n) is 11.5. The van der Waals surface area contributed by atoms with E-state index in [1.807, 2.05) is 13.2 Å². The number of hydrogen-bond acceptors (Lipinski definition) is 5. The third-order valence-corrected chi connectivity index (χ3v) is 8.77. The number of nitrogens with zero attached hydrogens (tertiary/aromatic N) is 3. The number of aryl methyl sites for hydroxylation is 1. The molecule has 216 valence electrons. The molecule has 0 unspecified atom stereocenters. The molecule has 0 amide bonds. The van der Waals surface area contributed by atoms with Crippen molar-refractivity contribution in [3.05, 3.63) is 77.1 Å². The van der Waals surface area contributed by atoms with Crippen molar-refractivity contribution < 1.29 is 0 Å². The molecule has 2 heterocycles. The molecule has 0 spiro atoms. The number of anilines is 1. The molecular weight excluding hydrogens is 504 g/mol. The zero-order chi connectivity index (χ0) is 28.9. The number of allylic oxidation sites excluding steroid dienone is 1. The molecule has 1 aliphatic carbocycles. The van der Waals surface area contributed by atoms with Gasteiger partial charge in [-0.2, -0.15) is 0 Å². The minimum atomic E-state index is 0.556. The lowest BCUT2D eigenvalue weighted by Gasteiger charge is -2.30. The Kier molecular flexibility index (Phi) is 9.09. The van der Waals surface area contributed by atoms with Crippen molar-refractivity contribution in [1.29, 1.82) is 5.41 Å². The minimum Gasteiger partial charge on any atom is -0.394 e. The largest absolute Gasteiger partial charge is 0.394 e. The van der Waals surface area contributed by atoms with E-state index in [0.29, 0.717) is 18.5 Å². The fraction of sp³-hybridized carbons (Fsp3) is 0.429. The Labute approximate surface area is 245 Å². The molecule has 0 radical (unpaired) electrons. The summed E-state index contributed by atoms with van der Waals surface area (Å²) in [6.07, 6.45) is 10.00. The van der Waals surface area contributed by atoms with Crippen molar-refractivity contribution in [2.24, 2.45) is 4.99 Å². The molecule has 5 rings (SSSR count). The van der Waals surface area contributed by atoms with Crippen LogP contribution in [0.4, 0.5) is 11.4 Å². The zero-order valence-corrected chi connectivity index (χ0v) is 25.1. The maximum atomic E-state index is 8.14. The number of nitrogens with one attached hydrogen (secondary N) is 3. The molecule has 0 atom stereocenters. The molecule has 1 saturated carbocycles. The lowest BCUT2D eigenvalue weighted by Crippen LogP contribution is -2.29. The van der Waals surface area contributed by atoms with E-state index >= 15 is 0 Å². The second-order valence-corrected chi connectivity index (χ2v) is 11.5. The first-order valence-electron chi connectivity index (χ1n) is 15.3. The monoisotopic (exact) mass is 550 g/mol. The number of aliphatic imine (C=N–C) groups is 1. The Morgan fingerprint density at radius 2 is 1.95 bits per heavy atom. The molecule has 6 heteroatoms. The van der Waals surface area contributed by atoms with E-state index in [9.17, 15) is 0 Å². The highest BCUT2D eigenvalue weighted by Crippen LogP contribution is 2.44. The van der Waals surface area contributed by atoms with Gasteiger partial charge in [-0.3, -0.25) is 4.99 Å². The Morgan fingerprint density at radius 3 is 2.59 bits per heavy atom. The van der Waals surface area contributed by atoms with E-state index in [2.05, 4.69) is 88.6 Å². The van der Waals surface area contributed by atoms with Crippen LogP contribution in [0.1, 0.15) is 80.3 Å². The normalized spacial score (nSPS) is 16.1. The Balaban J connectivity index is 1.65. The van der Waals surface area contributed by atoms with Gasteiger partial charge in [0, 0.05) is 48.7 Å². The first kappa shape index (κ1) is 28.9. The lowest BCUT2D eigenvalue weighted by molar-refractivity contribution is 0.461. The van der Waals surface area contributed by atoms with Gasteiger partial charge in [0.1, 0.15) is 0 Å². The topological polar surface area (TPSA) is 68.4 Å². The smallest absolute Gasteiger partial charge is 0.0864 e. The van der Waals surface area contributed by atoms with Crippen LogP contribution in [0.25, 0.3) is 16.5 Å². The molecule has 41 heavy (non-hydrogen) atoms. The standard InChI is InChI=1S/C35H46N6/c1-6-24(3)29-17-26(7-2)35(33(19-29)38-5)40(22-25(20-36)21-37-4)23-31-18-28-9-8-10-32(27-13-15-39-16-14-27)34(28)41(31)30-11-12-30/h8-10,17-21,27,30,36-37,39H,3,5-7,11-16,22-23H2,1-2,4H3/b25-21+,36-20?. The molecule has 0 bridgehead atoms. The highest BCUT2D eigenvalue weighted by atomic mass is 15.2. The SMILES string of the molecule is C=Nc1cc(C(=C)CC)cc(CC)c1N(C/C(C=N)=C/NC)Cc1cc2cccc(C3CCNCC3)c2n1C1CC1. The number of rotatable bonds is 13. The van der Waals surface area contributed by atoms with Gasteiger partial charge < -0.3 is 25.5 Å². The molecule has 2 fully saturated rings. The van der Waals surface area contributed by atoms with Gasteiger partial charge in [-0.05, 0) is 105 Å². The summed E-state index contributed by atoms with van der Waals surface area (Å²) in [5, 5.41) is 16.2. The summed E-state index contributed by atoms with van der Waals surface area (Å²) in [6, 6.07) is 14.3. The summed E-state index contributed by atoms with van der Waals surface area (Å²) in [7, 11) is 1.89. The van der Waals surface area contributed by atoms with Crippen LogP contribution in [0.3, 0.4) is 0 Å². The first-order chi connectivity index (χ1) is 20.0. The Hall–Kier alpha value is -3.64. The summed E-state index contributed by atoms with van der Waals surface area (Å²) in [5.41, 5.74) is 10.6. The van der Waals surface area contributed by atoms with Crippen LogP contribution >= 0.6 is 0 Å². The van der Waals surface area contributed by atoms with E-state index in [1.54, 1.807) is 0 Å². The van der Waals surface area contributed by atoms with Crippen LogP contribution in [0.5, 0.6) is 0 Å². The Bertz CT molecular complexity index is 1450. The molecule has 2 aliphatic rings. The van der Waals surface area contributed by atoms with Crippen molar-refractivity contribution in [3.63, 3.8) is 0 Å². The van der Waals surface area contributed by atoms with Crippen molar-refractivity contribution in [1.82, 2.24) is 15.2 Å². The molecular formula is C35H46N6. The summed E-state index contributed by atoms with van der Waals surface area (Å²) in [4.78, 5) is 6.96. The summed E-state index contributed by atoms with van der Waals surface area (Å²) in [5.74, 6) is 0.599. The number of piperidine rings is 1. The van der Waals surface area contributed by atoms with E-state index in [0.717, 1.165) is 60.6 Å². The fourth-order valence-corrected chi connectivity index (χ4v) is 6.49. The highest BCUT2D eigenvalue weighted by molar-refractivity contribution is 5.86. The molecule has 3 aromatic rings. The molecule has 3 N–H and O–H groups in total. The lowest BCUT2D eigenvalue weighted by atomic mass is 9.89. The quantitative estimate of drug-likeness (QED) is 0.193. The highest BCUT2D eigenvalue weighted by Gasteiger charge is 2.31. The van der Waals surface area contributed by atoms with Gasteiger partial charge in [0.05, 0.1) is 23.4 Å². The number of hydrogen-bond donors (Lipinski definition) is 3. The van der Waals surface area contributed by atoms with Crippen molar-refractivity contribution >= 4 is 40.8 Å². The van der Waals surface area contributed by atoms with Crippen LogP contribution in [0, 0.1) is 5.41 Å². The maximum absolute atomic E-state index is 8.14. The van der Waals surface area contributed by atoms with Crippen LogP contribution in [0.15, 0.2) is 59.7 Å². The average Bonchev–Trinajstić information content (AvgIpc) is 3.79. The van der Waals surface area contributed by atoms with Gasteiger partial charge in [0.25, 0.3) is 0 Å². The van der Waals surface area contributed by atoms with Crippen molar-refractivity contribution in [2.45, 2.75) is 70.9 Å². The molecule has 2 aromatic carbocycles. The molecule has 1 aliphatic heterocycles.